The highest BCUT2D eigenvalue weighted by Gasteiger charge is 2.59. The van der Waals surface area contributed by atoms with Crippen LogP contribution in [0.25, 0.3) is 0 Å². The van der Waals surface area contributed by atoms with E-state index in [1.54, 1.807) is 13.8 Å². The van der Waals surface area contributed by atoms with Crippen LogP contribution < -0.4 is 5.11 Å². The number of fused-ring (bicyclic) bond motifs is 5. The van der Waals surface area contributed by atoms with Crippen molar-refractivity contribution in [1.82, 2.24) is 0 Å². The summed E-state index contributed by atoms with van der Waals surface area (Å²) in [6.45, 7) is 8.41. The summed E-state index contributed by atoms with van der Waals surface area (Å²) in [5, 5.41) is 22.2. The monoisotopic (exact) mass is 359 g/mol. The largest absolute Gasteiger partial charge is 0.549 e. The fourth-order valence-corrected chi connectivity index (χ4v) is 7.49. The van der Waals surface area contributed by atoms with E-state index >= 15 is 0 Å². The predicted octanol–water partition coefficient (Wildman–Crippen LogP) is 3.70. The molecule has 4 aliphatic rings. The van der Waals surface area contributed by atoms with Gasteiger partial charge in [-0.2, -0.15) is 0 Å². The second-order valence-corrected chi connectivity index (χ2v) is 10.8. The van der Waals surface area contributed by atoms with Crippen LogP contribution in [0.15, 0.2) is 11.6 Å². The molecule has 1 N–H and O–H groups in total. The van der Waals surface area contributed by atoms with Crippen LogP contribution in [0.5, 0.6) is 0 Å². The molecule has 0 unspecified atom stereocenters. The normalized spacial score (nSPS) is 48.2. The Morgan fingerprint density at radius 1 is 1.12 bits per heavy atom. The number of rotatable bonds is 2. The molecule has 0 bridgehead atoms. The van der Waals surface area contributed by atoms with E-state index in [4.69, 9.17) is 0 Å². The Morgan fingerprint density at radius 2 is 1.81 bits per heavy atom. The molecule has 3 heteroatoms. The fraction of sp³-hybridized carbons (Fsp3) is 0.870. The number of carboxylic acids is 1. The molecular formula is C23H35O3-. The van der Waals surface area contributed by atoms with Crippen LogP contribution in [0.4, 0.5) is 0 Å². The second-order valence-electron chi connectivity index (χ2n) is 10.8. The van der Waals surface area contributed by atoms with Gasteiger partial charge in [-0.15, -0.1) is 0 Å². The lowest BCUT2D eigenvalue weighted by Crippen LogP contribution is -2.53. The number of carbonyl (C=O) groups is 1. The number of hydrogen-bond donors (Lipinski definition) is 1. The van der Waals surface area contributed by atoms with E-state index in [1.807, 2.05) is 0 Å². The van der Waals surface area contributed by atoms with E-state index in [9.17, 15) is 15.0 Å². The molecule has 3 fully saturated rings. The lowest BCUT2D eigenvalue weighted by Gasteiger charge is -2.60. The molecule has 0 aromatic heterocycles. The zero-order valence-electron chi connectivity index (χ0n) is 16.9. The predicted molar refractivity (Wildman–Crippen MR) is 100.0 cm³/mol. The first-order valence-corrected chi connectivity index (χ1v) is 10.7. The Labute approximate surface area is 158 Å². The third-order valence-corrected chi connectivity index (χ3v) is 9.58. The maximum absolute atomic E-state index is 11.6. The summed E-state index contributed by atoms with van der Waals surface area (Å²) in [6, 6.07) is 0. The first kappa shape index (κ1) is 18.5. The van der Waals surface area contributed by atoms with Gasteiger partial charge < -0.3 is 15.0 Å². The summed E-state index contributed by atoms with van der Waals surface area (Å²) >= 11 is 0. The van der Waals surface area contributed by atoms with Crippen molar-refractivity contribution >= 4 is 5.97 Å². The van der Waals surface area contributed by atoms with E-state index in [0.29, 0.717) is 17.3 Å². The summed E-state index contributed by atoms with van der Waals surface area (Å²) < 4.78 is 0. The molecule has 4 rings (SSSR count). The molecule has 0 aromatic rings. The standard InChI is InChI=1S/C23H36O3/c1-21(2,20(25)26)14-9-11-22(3)15(13-14)5-6-16-17-7-8-19(24)23(17,4)12-10-18(16)22/h9,15-19,24H,5-8,10-13H2,1-4H3,(H,25,26)/p-1/t15-,16-,17-,18+,19-,22-,23-/m0/s1. The molecule has 3 nitrogen and oxygen atoms in total. The van der Waals surface area contributed by atoms with Crippen LogP contribution in [0.1, 0.15) is 79.1 Å². The zero-order chi connectivity index (χ0) is 18.9. The summed E-state index contributed by atoms with van der Waals surface area (Å²) in [5.74, 6) is 1.80. The second kappa shape index (κ2) is 5.83. The van der Waals surface area contributed by atoms with Gasteiger partial charge in [-0.3, -0.25) is 0 Å². The van der Waals surface area contributed by atoms with Crippen molar-refractivity contribution in [3.05, 3.63) is 11.6 Å². The Balaban J connectivity index is 1.61. The molecule has 7 atom stereocenters. The Kier molecular flexibility index (Phi) is 4.16. The molecule has 0 radical (unpaired) electrons. The van der Waals surface area contributed by atoms with Crippen LogP contribution in [0, 0.1) is 39.9 Å². The van der Waals surface area contributed by atoms with Gasteiger partial charge in [0.1, 0.15) is 0 Å². The van der Waals surface area contributed by atoms with Gasteiger partial charge in [-0.05, 0) is 85.9 Å². The van der Waals surface area contributed by atoms with Crippen molar-refractivity contribution < 1.29 is 15.0 Å². The van der Waals surface area contributed by atoms with E-state index in [0.717, 1.165) is 43.1 Å². The zero-order valence-corrected chi connectivity index (χ0v) is 16.9. The molecular weight excluding hydrogens is 324 g/mol. The van der Waals surface area contributed by atoms with Crippen molar-refractivity contribution in [3.63, 3.8) is 0 Å². The maximum Gasteiger partial charge on any atom is 0.0596 e. The molecule has 0 aliphatic heterocycles. The van der Waals surface area contributed by atoms with Crippen LogP contribution in [-0.2, 0) is 4.79 Å². The number of allylic oxidation sites excluding steroid dienone is 1. The average molecular weight is 360 g/mol. The Bertz CT molecular complexity index is 635. The third kappa shape index (κ3) is 2.38. The Morgan fingerprint density at radius 3 is 2.50 bits per heavy atom. The minimum atomic E-state index is -0.950. The summed E-state index contributed by atoms with van der Waals surface area (Å²) in [4.78, 5) is 11.6. The van der Waals surface area contributed by atoms with Crippen molar-refractivity contribution in [2.75, 3.05) is 0 Å². The highest BCUT2D eigenvalue weighted by atomic mass is 16.4. The molecule has 3 saturated carbocycles. The number of carbonyl (C=O) groups excluding carboxylic acids is 1. The number of aliphatic hydroxyl groups is 1. The lowest BCUT2D eigenvalue weighted by molar-refractivity contribution is -0.315. The molecule has 0 saturated heterocycles. The fourth-order valence-electron chi connectivity index (χ4n) is 7.49. The molecule has 0 aromatic carbocycles. The first-order valence-electron chi connectivity index (χ1n) is 10.7. The summed E-state index contributed by atoms with van der Waals surface area (Å²) in [7, 11) is 0. The maximum atomic E-state index is 11.6. The number of aliphatic carboxylic acids is 1. The topological polar surface area (TPSA) is 60.4 Å². The van der Waals surface area contributed by atoms with E-state index in [2.05, 4.69) is 19.9 Å². The number of carboxylic acid groups (broad SMARTS) is 1. The van der Waals surface area contributed by atoms with Gasteiger partial charge in [0.2, 0.25) is 0 Å². The van der Waals surface area contributed by atoms with Crippen molar-refractivity contribution in [1.29, 1.82) is 0 Å². The van der Waals surface area contributed by atoms with E-state index in [1.165, 1.54) is 25.7 Å². The highest BCUT2D eigenvalue weighted by Crippen LogP contribution is 2.66. The molecule has 26 heavy (non-hydrogen) atoms. The number of aliphatic hydroxyl groups excluding tert-OH is 1. The summed E-state index contributed by atoms with van der Waals surface area (Å²) in [6.07, 6.45) is 11.1. The van der Waals surface area contributed by atoms with Gasteiger partial charge in [-0.1, -0.05) is 39.3 Å². The lowest BCUT2D eigenvalue weighted by atomic mass is 9.45. The molecule has 4 aliphatic carbocycles. The Hall–Kier alpha value is -0.830. The van der Waals surface area contributed by atoms with Gasteiger partial charge in [0.05, 0.1) is 12.1 Å². The minimum Gasteiger partial charge on any atom is -0.549 e. The van der Waals surface area contributed by atoms with Crippen molar-refractivity contribution in [2.24, 2.45) is 39.9 Å². The van der Waals surface area contributed by atoms with Crippen molar-refractivity contribution in [3.8, 4) is 0 Å². The molecule has 0 heterocycles. The average Bonchev–Trinajstić information content (AvgIpc) is 2.89. The summed E-state index contributed by atoms with van der Waals surface area (Å²) in [5.41, 5.74) is 0.662. The van der Waals surface area contributed by atoms with E-state index in [-0.39, 0.29) is 11.5 Å². The number of hydrogen-bond acceptors (Lipinski definition) is 3. The first-order chi connectivity index (χ1) is 12.1. The van der Waals surface area contributed by atoms with Crippen molar-refractivity contribution in [2.45, 2.75) is 85.2 Å². The molecule has 146 valence electrons. The van der Waals surface area contributed by atoms with Gasteiger partial charge in [0.25, 0.3) is 0 Å². The minimum absolute atomic E-state index is 0.110. The van der Waals surface area contributed by atoms with Gasteiger partial charge in [0, 0.05) is 5.41 Å². The smallest absolute Gasteiger partial charge is 0.0596 e. The van der Waals surface area contributed by atoms with Gasteiger partial charge >= 0.3 is 0 Å². The van der Waals surface area contributed by atoms with Gasteiger partial charge in [-0.25, -0.2) is 0 Å². The van der Waals surface area contributed by atoms with E-state index < -0.39 is 11.4 Å². The van der Waals surface area contributed by atoms with Crippen LogP contribution in [-0.4, -0.2) is 17.2 Å². The quantitative estimate of drug-likeness (QED) is 0.765. The SMILES string of the molecule is CC(C)(C(=O)[O-])C1=CC[C@@]2(C)[C@@H](CC[C@@H]3[C@H]2CC[C@]2(C)[C@@H](O)CC[C@@H]32)C1. The molecule has 0 spiro atoms. The van der Waals surface area contributed by atoms with Crippen LogP contribution >= 0.6 is 0 Å². The van der Waals surface area contributed by atoms with Crippen LogP contribution in [0.2, 0.25) is 0 Å². The van der Waals surface area contributed by atoms with Gasteiger partial charge in [0.15, 0.2) is 0 Å². The highest BCUT2D eigenvalue weighted by molar-refractivity contribution is 5.75. The molecule has 0 amide bonds. The third-order valence-electron chi connectivity index (χ3n) is 9.58. The van der Waals surface area contributed by atoms with Crippen LogP contribution in [0.3, 0.4) is 0 Å².